The van der Waals surface area contributed by atoms with E-state index in [-0.39, 0.29) is 17.0 Å². The summed E-state index contributed by atoms with van der Waals surface area (Å²) in [5.41, 5.74) is 2.88. The van der Waals surface area contributed by atoms with Crippen LogP contribution in [0.5, 0.6) is 5.75 Å². The molecule has 0 saturated heterocycles. The Balaban J connectivity index is 1.48. The van der Waals surface area contributed by atoms with Crippen molar-refractivity contribution in [1.29, 1.82) is 0 Å². The summed E-state index contributed by atoms with van der Waals surface area (Å²) in [4.78, 5) is 35.1. The molecule has 2 aromatic carbocycles. The number of fused-ring (bicyclic) bond motifs is 1. The first-order valence-corrected chi connectivity index (χ1v) is 8.34. The number of ether oxygens (including phenoxy) is 2. The molecule has 6 nitrogen and oxygen atoms in total. The second kappa shape index (κ2) is 7.39. The van der Waals surface area contributed by atoms with Gasteiger partial charge in [-0.1, -0.05) is 17.7 Å². The monoisotopic (exact) mass is 353 g/mol. The molecular formula is C20H19NO5. The SMILES string of the molecule is Cc1ccc(OCCCNC(=O)c2ccc3c(c2)C(=O)OC3=O)c(C)c1. The maximum atomic E-state index is 12.2. The second-order valence-electron chi connectivity index (χ2n) is 6.16. The number of rotatable bonds is 6. The fraction of sp³-hybridized carbons (Fsp3) is 0.250. The van der Waals surface area contributed by atoms with Gasteiger partial charge in [-0.05, 0) is 50.1 Å². The standard InChI is InChI=1S/C20H19NO5/c1-12-4-7-17(13(2)10-12)25-9-3-8-21-18(22)14-5-6-15-16(11-14)20(24)26-19(15)23/h4-7,10-11H,3,8-9H2,1-2H3,(H,21,22). The molecule has 1 N–H and O–H groups in total. The summed E-state index contributed by atoms with van der Waals surface area (Å²) in [7, 11) is 0. The van der Waals surface area contributed by atoms with E-state index in [0.29, 0.717) is 25.1 Å². The lowest BCUT2D eigenvalue weighted by Gasteiger charge is -2.10. The van der Waals surface area contributed by atoms with Crippen LogP contribution in [-0.4, -0.2) is 31.0 Å². The van der Waals surface area contributed by atoms with Gasteiger partial charge in [-0.25, -0.2) is 9.59 Å². The Morgan fingerprint density at radius 3 is 2.58 bits per heavy atom. The Bertz CT molecular complexity index is 888. The van der Waals surface area contributed by atoms with Crippen LogP contribution in [0.25, 0.3) is 0 Å². The summed E-state index contributed by atoms with van der Waals surface area (Å²) in [6.07, 6.45) is 0.643. The minimum Gasteiger partial charge on any atom is -0.493 e. The van der Waals surface area contributed by atoms with Gasteiger partial charge in [-0.3, -0.25) is 4.79 Å². The number of hydrogen-bond donors (Lipinski definition) is 1. The van der Waals surface area contributed by atoms with Crippen LogP contribution in [0, 0.1) is 13.8 Å². The maximum absolute atomic E-state index is 12.2. The van der Waals surface area contributed by atoms with Gasteiger partial charge in [-0.15, -0.1) is 0 Å². The first-order valence-electron chi connectivity index (χ1n) is 8.34. The van der Waals surface area contributed by atoms with E-state index in [2.05, 4.69) is 16.1 Å². The molecule has 3 rings (SSSR count). The van der Waals surface area contributed by atoms with Crippen LogP contribution in [0.1, 0.15) is 48.6 Å². The maximum Gasteiger partial charge on any atom is 0.346 e. The van der Waals surface area contributed by atoms with E-state index < -0.39 is 11.9 Å². The van der Waals surface area contributed by atoms with Gasteiger partial charge in [0, 0.05) is 12.1 Å². The first kappa shape index (κ1) is 17.7. The molecule has 134 valence electrons. The van der Waals surface area contributed by atoms with E-state index in [0.717, 1.165) is 11.3 Å². The van der Waals surface area contributed by atoms with Crippen LogP contribution in [0.3, 0.4) is 0 Å². The smallest absolute Gasteiger partial charge is 0.346 e. The Labute approximate surface area is 151 Å². The van der Waals surface area contributed by atoms with Gasteiger partial charge in [-0.2, -0.15) is 0 Å². The van der Waals surface area contributed by atoms with Crippen LogP contribution >= 0.6 is 0 Å². The summed E-state index contributed by atoms with van der Waals surface area (Å²) < 4.78 is 10.2. The number of amides is 1. The third-order valence-electron chi connectivity index (χ3n) is 4.10. The molecule has 1 aliphatic heterocycles. The minimum atomic E-state index is -0.721. The van der Waals surface area contributed by atoms with E-state index in [4.69, 9.17) is 4.74 Å². The van der Waals surface area contributed by atoms with E-state index in [1.54, 1.807) is 0 Å². The molecule has 1 heterocycles. The largest absolute Gasteiger partial charge is 0.493 e. The molecule has 0 atom stereocenters. The molecule has 0 bridgehead atoms. The van der Waals surface area contributed by atoms with Crippen molar-refractivity contribution in [2.24, 2.45) is 0 Å². The van der Waals surface area contributed by atoms with E-state index in [1.807, 2.05) is 26.0 Å². The number of carbonyl (C=O) groups is 3. The summed E-state index contributed by atoms with van der Waals surface area (Å²) in [5, 5.41) is 2.77. The molecular weight excluding hydrogens is 334 g/mol. The highest BCUT2D eigenvalue weighted by atomic mass is 16.6. The van der Waals surface area contributed by atoms with Gasteiger partial charge >= 0.3 is 11.9 Å². The van der Waals surface area contributed by atoms with E-state index >= 15 is 0 Å². The highest BCUT2D eigenvalue weighted by Crippen LogP contribution is 2.21. The molecule has 1 aliphatic rings. The van der Waals surface area contributed by atoms with Gasteiger partial charge in [0.1, 0.15) is 5.75 Å². The number of nitrogens with one attached hydrogen (secondary N) is 1. The third-order valence-corrected chi connectivity index (χ3v) is 4.10. The fourth-order valence-electron chi connectivity index (χ4n) is 2.75. The molecule has 2 aromatic rings. The van der Waals surface area contributed by atoms with Crippen molar-refractivity contribution in [3.05, 3.63) is 64.2 Å². The van der Waals surface area contributed by atoms with Crippen molar-refractivity contribution in [1.82, 2.24) is 5.32 Å². The Kier molecular flexibility index (Phi) is 5.02. The molecule has 0 aliphatic carbocycles. The van der Waals surface area contributed by atoms with E-state index in [1.165, 1.54) is 23.8 Å². The predicted octanol–water partition coefficient (Wildman–Crippen LogP) is 2.81. The van der Waals surface area contributed by atoms with Crippen LogP contribution in [0.2, 0.25) is 0 Å². The summed E-state index contributed by atoms with van der Waals surface area (Å²) in [5.74, 6) is -0.878. The number of benzene rings is 2. The average molecular weight is 353 g/mol. The highest BCUT2D eigenvalue weighted by molar-refractivity contribution is 6.15. The average Bonchev–Trinajstić information content (AvgIpc) is 2.90. The van der Waals surface area contributed by atoms with Gasteiger partial charge in [0.05, 0.1) is 17.7 Å². The Morgan fingerprint density at radius 1 is 1.04 bits per heavy atom. The third kappa shape index (κ3) is 3.74. The van der Waals surface area contributed by atoms with Gasteiger partial charge in [0.15, 0.2) is 0 Å². The molecule has 6 heteroatoms. The predicted molar refractivity (Wildman–Crippen MR) is 94.5 cm³/mol. The summed E-state index contributed by atoms with van der Waals surface area (Å²) in [6, 6.07) is 10.3. The Hall–Kier alpha value is -3.15. The van der Waals surface area contributed by atoms with Crippen molar-refractivity contribution >= 4 is 17.8 Å². The van der Waals surface area contributed by atoms with Gasteiger partial charge in [0.25, 0.3) is 5.91 Å². The van der Waals surface area contributed by atoms with Crippen LogP contribution in [-0.2, 0) is 4.74 Å². The zero-order valence-corrected chi connectivity index (χ0v) is 14.6. The summed E-state index contributed by atoms with van der Waals surface area (Å²) >= 11 is 0. The van der Waals surface area contributed by atoms with Gasteiger partial charge in [0.2, 0.25) is 0 Å². The lowest BCUT2D eigenvalue weighted by molar-refractivity contribution is 0.0443. The van der Waals surface area contributed by atoms with Crippen LogP contribution in [0.15, 0.2) is 36.4 Å². The molecule has 1 amide bonds. The van der Waals surface area contributed by atoms with Crippen molar-refractivity contribution < 1.29 is 23.9 Å². The number of cyclic esters (lactones) is 2. The van der Waals surface area contributed by atoms with Gasteiger partial charge < -0.3 is 14.8 Å². The number of hydrogen-bond acceptors (Lipinski definition) is 5. The molecule has 0 saturated carbocycles. The zero-order chi connectivity index (χ0) is 18.7. The molecule has 0 fully saturated rings. The quantitative estimate of drug-likeness (QED) is 0.491. The molecule has 0 spiro atoms. The first-order chi connectivity index (χ1) is 12.5. The zero-order valence-electron chi connectivity index (χ0n) is 14.6. The molecule has 0 radical (unpaired) electrons. The summed E-state index contributed by atoms with van der Waals surface area (Å²) in [6.45, 7) is 4.94. The second-order valence-corrected chi connectivity index (χ2v) is 6.16. The van der Waals surface area contributed by atoms with Crippen molar-refractivity contribution in [2.45, 2.75) is 20.3 Å². The van der Waals surface area contributed by atoms with Crippen LogP contribution in [0.4, 0.5) is 0 Å². The van der Waals surface area contributed by atoms with Crippen LogP contribution < -0.4 is 10.1 Å². The topological polar surface area (TPSA) is 81.7 Å². The van der Waals surface area contributed by atoms with E-state index in [9.17, 15) is 14.4 Å². The van der Waals surface area contributed by atoms with Crippen molar-refractivity contribution in [2.75, 3.05) is 13.2 Å². The highest BCUT2D eigenvalue weighted by Gasteiger charge is 2.30. The molecule has 0 unspecified atom stereocenters. The fourth-order valence-corrected chi connectivity index (χ4v) is 2.75. The van der Waals surface area contributed by atoms with Crippen molar-refractivity contribution in [3.63, 3.8) is 0 Å². The number of esters is 2. The lowest BCUT2D eigenvalue weighted by Crippen LogP contribution is -2.25. The number of carbonyl (C=O) groups excluding carboxylic acids is 3. The minimum absolute atomic E-state index is 0.126. The lowest BCUT2D eigenvalue weighted by atomic mass is 10.1. The van der Waals surface area contributed by atoms with Crippen molar-refractivity contribution in [3.8, 4) is 5.75 Å². The number of aryl methyl sites for hydroxylation is 2. The Morgan fingerprint density at radius 2 is 1.81 bits per heavy atom. The normalized spacial score (nSPS) is 12.5. The molecule has 0 aromatic heterocycles. The molecule has 26 heavy (non-hydrogen) atoms.